The summed E-state index contributed by atoms with van der Waals surface area (Å²) in [5, 5.41) is 14.8. The van der Waals surface area contributed by atoms with Gasteiger partial charge < -0.3 is 15.6 Å². The first kappa shape index (κ1) is 18.2. The van der Waals surface area contributed by atoms with Crippen molar-refractivity contribution in [2.24, 2.45) is 5.73 Å². The summed E-state index contributed by atoms with van der Waals surface area (Å²) in [6.07, 6.45) is -0.810. The summed E-state index contributed by atoms with van der Waals surface area (Å²) in [5.74, 6) is 0.208. The van der Waals surface area contributed by atoms with E-state index in [1.54, 1.807) is 13.0 Å². The molecule has 4 rings (SSSR count). The molecule has 28 heavy (non-hydrogen) atoms. The lowest BCUT2D eigenvalue weighted by Crippen LogP contribution is -2.18. The predicted molar refractivity (Wildman–Crippen MR) is 115 cm³/mol. The molecule has 0 aromatic heterocycles. The van der Waals surface area contributed by atoms with E-state index in [-0.39, 0.29) is 5.75 Å². The molecule has 0 aliphatic rings. The lowest BCUT2D eigenvalue weighted by atomic mass is 9.95. The number of benzene rings is 4. The molecule has 0 saturated carbocycles. The van der Waals surface area contributed by atoms with Gasteiger partial charge in [0.15, 0.2) is 5.44 Å². The number of ether oxygens (including phenoxy) is 1. The molecule has 0 fully saturated rings. The smallest absolute Gasteiger partial charge is 0.405 e. The van der Waals surface area contributed by atoms with Gasteiger partial charge in [0.1, 0.15) is 5.75 Å². The van der Waals surface area contributed by atoms with E-state index in [0.717, 1.165) is 37.6 Å². The van der Waals surface area contributed by atoms with Gasteiger partial charge in [-0.3, -0.25) is 0 Å². The number of aromatic hydroxyl groups is 1. The largest absolute Gasteiger partial charge is 0.507 e. The number of hydrogen-bond donors (Lipinski definition) is 2. The third-order valence-corrected chi connectivity index (χ3v) is 5.73. The Hall–Kier alpha value is -3.18. The van der Waals surface area contributed by atoms with Crippen LogP contribution in [-0.2, 0) is 4.74 Å². The molecule has 140 valence electrons. The Morgan fingerprint density at radius 1 is 0.929 bits per heavy atom. The first-order valence-corrected chi connectivity index (χ1v) is 9.78. The van der Waals surface area contributed by atoms with Crippen LogP contribution in [0.5, 0.6) is 5.75 Å². The lowest BCUT2D eigenvalue weighted by molar-refractivity contribution is 0.152. The Bertz CT molecular complexity index is 1190. The van der Waals surface area contributed by atoms with Crippen LogP contribution in [0.3, 0.4) is 0 Å². The first-order chi connectivity index (χ1) is 13.5. The second kappa shape index (κ2) is 7.44. The molecule has 3 N–H and O–H groups in total. The van der Waals surface area contributed by atoms with Crippen LogP contribution in [0.2, 0.25) is 0 Å². The highest BCUT2D eigenvalue weighted by atomic mass is 32.2. The van der Waals surface area contributed by atoms with Crippen molar-refractivity contribution >= 4 is 39.4 Å². The fraction of sp³-hybridized carbons (Fsp3) is 0.0870. The maximum absolute atomic E-state index is 11.2. The quantitative estimate of drug-likeness (QED) is 0.337. The molecule has 4 aromatic rings. The molecule has 1 unspecified atom stereocenters. The van der Waals surface area contributed by atoms with Gasteiger partial charge in [-0.25, -0.2) is 4.79 Å². The summed E-state index contributed by atoms with van der Waals surface area (Å²) in [7, 11) is 0. The number of fused-ring (bicyclic) bond motifs is 2. The highest BCUT2D eigenvalue weighted by molar-refractivity contribution is 8.00. The summed E-state index contributed by atoms with van der Waals surface area (Å²) >= 11 is 1.41. The van der Waals surface area contributed by atoms with E-state index in [0.29, 0.717) is 0 Å². The van der Waals surface area contributed by atoms with Crippen LogP contribution in [-0.4, -0.2) is 16.6 Å². The van der Waals surface area contributed by atoms with E-state index < -0.39 is 11.5 Å². The topological polar surface area (TPSA) is 72.5 Å². The Morgan fingerprint density at radius 2 is 1.54 bits per heavy atom. The summed E-state index contributed by atoms with van der Waals surface area (Å²) in [5.41, 5.74) is 6.37. The zero-order valence-electron chi connectivity index (χ0n) is 15.3. The molecular weight excluding hydrogens is 370 g/mol. The Kier molecular flexibility index (Phi) is 4.84. The third kappa shape index (κ3) is 3.37. The van der Waals surface area contributed by atoms with Crippen molar-refractivity contribution in [3.05, 3.63) is 72.8 Å². The van der Waals surface area contributed by atoms with Gasteiger partial charge in [0.25, 0.3) is 0 Å². The van der Waals surface area contributed by atoms with Gasteiger partial charge in [0.2, 0.25) is 0 Å². The van der Waals surface area contributed by atoms with Crippen LogP contribution in [0.25, 0.3) is 32.7 Å². The minimum atomic E-state index is -0.810. The maximum Gasteiger partial charge on any atom is 0.405 e. The molecule has 1 amide bonds. The fourth-order valence-electron chi connectivity index (χ4n) is 3.46. The van der Waals surface area contributed by atoms with Crippen LogP contribution >= 0.6 is 11.8 Å². The second-order valence-electron chi connectivity index (χ2n) is 6.47. The lowest BCUT2D eigenvalue weighted by Gasteiger charge is -2.18. The minimum Gasteiger partial charge on any atom is -0.507 e. The van der Waals surface area contributed by atoms with E-state index in [1.165, 1.54) is 11.8 Å². The van der Waals surface area contributed by atoms with Crippen molar-refractivity contribution in [1.29, 1.82) is 0 Å². The molecule has 0 heterocycles. The number of nitrogens with two attached hydrogens (primary N) is 1. The van der Waals surface area contributed by atoms with Crippen molar-refractivity contribution < 1.29 is 14.6 Å². The van der Waals surface area contributed by atoms with Gasteiger partial charge in [-0.15, -0.1) is 0 Å². The SMILES string of the molecule is CC(OC(N)=O)Sc1c(-c2c(O)ccc3ccccc23)ccc2ccccc12. The van der Waals surface area contributed by atoms with Crippen molar-refractivity contribution in [1.82, 2.24) is 0 Å². The number of thioether (sulfide) groups is 1. The first-order valence-electron chi connectivity index (χ1n) is 8.90. The van der Waals surface area contributed by atoms with Gasteiger partial charge in [0, 0.05) is 16.0 Å². The van der Waals surface area contributed by atoms with Gasteiger partial charge in [-0.1, -0.05) is 78.5 Å². The van der Waals surface area contributed by atoms with E-state index in [4.69, 9.17) is 10.5 Å². The molecule has 5 heteroatoms. The molecule has 0 aliphatic carbocycles. The number of phenolic OH excluding ortho intramolecular Hbond substituents is 1. The number of carbonyl (C=O) groups is 1. The molecule has 4 nitrogen and oxygen atoms in total. The zero-order chi connectivity index (χ0) is 19.7. The van der Waals surface area contributed by atoms with E-state index in [9.17, 15) is 9.90 Å². The summed E-state index contributed by atoms with van der Waals surface area (Å²) in [4.78, 5) is 12.1. The number of carbonyl (C=O) groups excluding carboxylic acids is 1. The second-order valence-corrected chi connectivity index (χ2v) is 7.77. The molecule has 0 spiro atoms. The Morgan fingerprint density at radius 3 is 2.25 bits per heavy atom. The predicted octanol–water partition coefficient (Wildman–Crippen LogP) is 5.90. The van der Waals surface area contributed by atoms with Crippen LogP contribution < -0.4 is 5.73 Å². The zero-order valence-corrected chi connectivity index (χ0v) is 16.1. The molecule has 0 bridgehead atoms. The number of rotatable bonds is 4. The van der Waals surface area contributed by atoms with E-state index in [1.807, 2.05) is 66.7 Å². The molecule has 0 saturated heterocycles. The molecule has 0 radical (unpaired) electrons. The molecule has 4 aromatic carbocycles. The van der Waals surface area contributed by atoms with Crippen LogP contribution in [0.4, 0.5) is 4.79 Å². The number of primary amides is 1. The standard InChI is InChI=1S/C23H19NO3S/c1-14(27-23(24)26)28-22-18-9-5-3-7-16(18)10-12-19(22)21-17-8-4-2-6-15(17)11-13-20(21)25/h2-14,25H,1H3,(H2,24,26). The highest BCUT2D eigenvalue weighted by Gasteiger charge is 2.19. The van der Waals surface area contributed by atoms with Gasteiger partial charge >= 0.3 is 6.09 Å². The molecule has 1 atom stereocenters. The van der Waals surface area contributed by atoms with Gasteiger partial charge in [-0.05, 0) is 34.5 Å². The van der Waals surface area contributed by atoms with E-state index in [2.05, 4.69) is 0 Å². The maximum atomic E-state index is 11.2. The molecule has 0 aliphatic heterocycles. The van der Waals surface area contributed by atoms with Crippen molar-refractivity contribution in [2.45, 2.75) is 17.3 Å². The minimum absolute atomic E-state index is 0.208. The van der Waals surface area contributed by atoms with E-state index >= 15 is 0 Å². The average molecular weight is 389 g/mol. The number of hydrogen-bond acceptors (Lipinski definition) is 4. The van der Waals surface area contributed by atoms with Crippen LogP contribution in [0.15, 0.2) is 77.7 Å². The number of amides is 1. The van der Waals surface area contributed by atoms with Crippen molar-refractivity contribution in [3.8, 4) is 16.9 Å². The fourth-order valence-corrected chi connectivity index (χ4v) is 4.55. The van der Waals surface area contributed by atoms with Gasteiger partial charge in [-0.2, -0.15) is 0 Å². The van der Waals surface area contributed by atoms with Crippen molar-refractivity contribution in [3.63, 3.8) is 0 Å². The average Bonchev–Trinajstić information content (AvgIpc) is 2.68. The molecular formula is C23H19NO3S. The van der Waals surface area contributed by atoms with Gasteiger partial charge in [0.05, 0.1) is 0 Å². The monoisotopic (exact) mass is 389 g/mol. The Balaban J connectivity index is 1.99. The van der Waals surface area contributed by atoms with Crippen LogP contribution in [0, 0.1) is 0 Å². The van der Waals surface area contributed by atoms with Crippen LogP contribution in [0.1, 0.15) is 6.92 Å². The Labute approximate surface area is 166 Å². The van der Waals surface area contributed by atoms with Crippen molar-refractivity contribution in [2.75, 3.05) is 0 Å². The summed E-state index contributed by atoms with van der Waals surface area (Å²) in [6, 6.07) is 23.6. The summed E-state index contributed by atoms with van der Waals surface area (Å²) < 4.78 is 5.15. The normalized spacial score (nSPS) is 12.2. The summed E-state index contributed by atoms with van der Waals surface area (Å²) in [6.45, 7) is 1.78. The number of phenols is 1. The third-order valence-electron chi connectivity index (χ3n) is 4.62. The highest BCUT2D eigenvalue weighted by Crippen LogP contribution is 2.45.